The summed E-state index contributed by atoms with van der Waals surface area (Å²) in [7, 11) is 1.89. The molecule has 1 saturated heterocycles. The molecule has 0 amide bonds. The van der Waals surface area contributed by atoms with Crippen molar-refractivity contribution in [3.8, 4) is 5.75 Å². The topological polar surface area (TPSA) is 70.8 Å². The first-order chi connectivity index (χ1) is 15.5. The van der Waals surface area contributed by atoms with Crippen LogP contribution in [0.15, 0.2) is 30.3 Å². The standard InChI is InChI=1S/C24H32Cl2N4O2/c1-28-21-17-19(7-6-18(21)5-4-15-31)32-16-3-2-10-29-11-13-30(14-12-29)22-9-8-20(27)23(25)24(22)26/h6-9,15,17,28H,2-5,10-14,16,27H2,1H3. The fourth-order valence-corrected chi connectivity index (χ4v) is 4.40. The van der Waals surface area contributed by atoms with Crippen LogP contribution in [0.4, 0.5) is 17.1 Å². The van der Waals surface area contributed by atoms with Crippen LogP contribution in [0.3, 0.4) is 0 Å². The quantitative estimate of drug-likeness (QED) is 0.276. The zero-order chi connectivity index (χ0) is 22.9. The molecule has 3 rings (SSSR count). The van der Waals surface area contributed by atoms with E-state index in [0.29, 0.717) is 28.8 Å². The molecule has 6 nitrogen and oxygen atoms in total. The number of halogens is 2. The molecule has 2 aromatic rings. The van der Waals surface area contributed by atoms with Gasteiger partial charge in [0.2, 0.25) is 0 Å². The number of aldehydes is 1. The number of piperazine rings is 1. The van der Waals surface area contributed by atoms with E-state index >= 15 is 0 Å². The summed E-state index contributed by atoms with van der Waals surface area (Å²) in [6.07, 6.45) is 4.31. The van der Waals surface area contributed by atoms with Crippen molar-refractivity contribution in [1.29, 1.82) is 0 Å². The highest BCUT2D eigenvalue weighted by Gasteiger charge is 2.20. The van der Waals surface area contributed by atoms with Gasteiger partial charge in [0.25, 0.3) is 0 Å². The molecule has 0 bridgehead atoms. The number of ether oxygens (including phenoxy) is 1. The van der Waals surface area contributed by atoms with Gasteiger partial charge in [-0.1, -0.05) is 29.3 Å². The Morgan fingerprint density at radius 1 is 1.09 bits per heavy atom. The van der Waals surface area contributed by atoms with E-state index in [-0.39, 0.29) is 0 Å². The molecule has 0 atom stereocenters. The van der Waals surface area contributed by atoms with Crippen LogP contribution < -0.4 is 20.7 Å². The van der Waals surface area contributed by atoms with E-state index in [1.165, 1.54) is 0 Å². The van der Waals surface area contributed by atoms with Crippen molar-refractivity contribution in [2.75, 3.05) is 62.3 Å². The summed E-state index contributed by atoms with van der Waals surface area (Å²) in [6.45, 7) is 5.57. The van der Waals surface area contributed by atoms with Gasteiger partial charge >= 0.3 is 0 Å². The average molecular weight is 479 g/mol. The first kappa shape index (κ1) is 24.5. The molecule has 2 aromatic carbocycles. The molecule has 8 heteroatoms. The van der Waals surface area contributed by atoms with Crippen LogP contribution in [0.2, 0.25) is 10.0 Å². The number of hydrogen-bond donors (Lipinski definition) is 2. The predicted octanol–water partition coefficient (Wildman–Crippen LogP) is 4.73. The zero-order valence-electron chi connectivity index (χ0n) is 18.6. The van der Waals surface area contributed by atoms with E-state index < -0.39 is 0 Å². The number of aryl methyl sites for hydroxylation is 1. The number of nitrogens with one attached hydrogen (secondary N) is 1. The third-order valence-electron chi connectivity index (χ3n) is 5.82. The molecule has 0 saturated carbocycles. The number of benzene rings is 2. The Labute approximate surface area is 200 Å². The minimum atomic E-state index is 0.434. The van der Waals surface area contributed by atoms with E-state index in [2.05, 4.69) is 15.1 Å². The molecule has 3 N–H and O–H groups in total. The molecular formula is C24H32Cl2N4O2. The fraction of sp³-hybridized carbons (Fsp3) is 0.458. The molecule has 1 aliphatic rings. The van der Waals surface area contributed by atoms with E-state index in [0.717, 1.165) is 81.0 Å². The number of unbranched alkanes of at least 4 members (excludes halogenated alkanes) is 1. The number of carbonyl (C=O) groups excluding carboxylic acids is 1. The highest BCUT2D eigenvalue weighted by Crippen LogP contribution is 2.36. The molecule has 1 fully saturated rings. The maximum Gasteiger partial charge on any atom is 0.121 e. The van der Waals surface area contributed by atoms with Gasteiger partial charge in [-0.05, 0) is 49.6 Å². The molecule has 0 radical (unpaired) electrons. The third kappa shape index (κ3) is 6.44. The molecule has 32 heavy (non-hydrogen) atoms. The van der Waals surface area contributed by atoms with Gasteiger partial charge in [0, 0.05) is 51.4 Å². The lowest BCUT2D eigenvalue weighted by atomic mass is 10.1. The lowest BCUT2D eigenvalue weighted by Crippen LogP contribution is -2.46. The maximum absolute atomic E-state index is 10.6. The first-order valence-electron chi connectivity index (χ1n) is 11.1. The third-order valence-corrected chi connectivity index (χ3v) is 6.71. The average Bonchev–Trinajstić information content (AvgIpc) is 2.82. The Morgan fingerprint density at radius 3 is 2.59 bits per heavy atom. The molecule has 0 aromatic heterocycles. The number of nitrogen functional groups attached to an aromatic ring is 1. The molecule has 174 valence electrons. The van der Waals surface area contributed by atoms with E-state index in [4.69, 9.17) is 33.7 Å². The summed E-state index contributed by atoms with van der Waals surface area (Å²) < 4.78 is 5.93. The maximum atomic E-state index is 10.6. The molecule has 0 spiro atoms. The Hall–Kier alpha value is -2.15. The number of rotatable bonds is 11. The number of nitrogens with two attached hydrogens (primary N) is 1. The van der Waals surface area contributed by atoms with Gasteiger partial charge in [0.05, 0.1) is 28.0 Å². The summed E-state index contributed by atoms with van der Waals surface area (Å²) >= 11 is 12.6. The smallest absolute Gasteiger partial charge is 0.121 e. The summed E-state index contributed by atoms with van der Waals surface area (Å²) in [5, 5.41) is 4.16. The minimum Gasteiger partial charge on any atom is -0.494 e. The van der Waals surface area contributed by atoms with Gasteiger partial charge in [-0.2, -0.15) is 0 Å². The lowest BCUT2D eigenvalue weighted by molar-refractivity contribution is -0.107. The molecule has 1 aliphatic heterocycles. The van der Waals surface area contributed by atoms with Crippen LogP contribution in [-0.2, 0) is 11.2 Å². The predicted molar refractivity (Wildman–Crippen MR) is 135 cm³/mol. The van der Waals surface area contributed by atoms with Crippen molar-refractivity contribution in [3.05, 3.63) is 45.9 Å². The van der Waals surface area contributed by atoms with Crippen LogP contribution in [-0.4, -0.2) is 57.6 Å². The second-order valence-corrected chi connectivity index (χ2v) is 8.72. The van der Waals surface area contributed by atoms with Gasteiger partial charge in [-0.15, -0.1) is 0 Å². The van der Waals surface area contributed by atoms with Crippen LogP contribution in [0.5, 0.6) is 5.75 Å². The normalized spacial score (nSPS) is 14.4. The number of nitrogens with zero attached hydrogens (tertiary/aromatic N) is 2. The Kier molecular flexibility index (Phi) is 9.33. The van der Waals surface area contributed by atoms with Crippen molar-refractivity contribution < 1.29 is 9.53 Å². The second-order valence-electron chi connectivity index (χ2n) is 7.96. The van der Waals surface area contributed by atoms with E-state index in [9.17, 15) is 4.79 Å². The fourth-order valence-electron chi connectivity index (χ4n) is 3.95. The second kappa shape index (κ2) is 12.2. The van der Waals surface area contributed by atoms with Crippen LogP contribution in [0.25, 0.3) is 0 Å². The zero-order valence-corrected chi connectivity index (χ0v) is 20.1. The van der Waals surface area contributed by atoms with Gasteiger partial charge in [0.15, 0.2) is 0 Å². The van der Waals surface area contributed by atoms with Crippen molar-refractivity contribution >= 4 is 46.6 Å². The van der Waals surface area contributed by atoms with Crippen molar-refractivity contribution in [2.24, 2.45) is 0 Å². The SMILES string of the molecule is CNc1cc(OCCCCN2CCN(c3ccc(N)c(Cl)c3Cl)CC2)ccc1CCC=O. The van der Waals surface area contributed by atoms with Gasteiger partial charge in [-0.25, -0.2) is 0 Å². The van der Waals surface area contributed by atoms with Crippen molar-refractivity contribution in [3.63, 3.8) is 0 Å². The summed E-state index contributed by atoms with van der Waals surface area (Å²) in [5.74, 6) is 0.858. The largest absolute Gasteiger partial charge is 0.494 e. The highest BCUT2D eigenvalue weighted by molar-refractivity contribution is 6.45. The van der Waals surface area contributed by atoms with E-state index in [1.807, 2.05) is 37.4 Å². The summed E-state index contributed by atoms with van der Waals surface area (Å²) in [6, 6.07) is 9.78. The number of anilines is 3. The Balaban J connectivity index is 1.37. The number of hydrogen-bond acceptors (Lipinski definition) is 6. The minimum absolute atomic E-state index is 0.434. The van der Waals surface area contributed by atoms with Gasteiger partial charge < -0.3 is 25.5 Å². The first-order valence-corrected chi connectivity index (χ1v) is 11.9. The van der Waals surface area contributed by atoms with Gasteiger partial charge in [0.1, 0.15) is 12.0 Å². The Morgan fingerprint density at radius 2 is 1.88 bits per heavy atom. The molecule has 1 heterocycles. The highest BCUT2D eigenvalue weighted by atomic mass is 35.5. The monoisotopic (exact) mass is 478 g/mol. The van der Waals surface area contributed by atoms with Crippen molar-refractivity contribution in [2.45, 2.75) is 25.7 Å². The molecule has 0 unspecified atom stereocenters. The number of carbonyl (C=O) groups is 1. The lowest BCUT2D eigenvalue weighted by Gasteiger charge is -2.36. The molecular weight excluding hydrogens is 447 g/mol. The van der Waals surface area contributed by atoms with E-state index in [1.54, 1.807) is 0 Å². The summed E-state index contributed by atoms with van der Waals surface area (Å²) in [4.78, 5) is 15.4. The summed E-state index contributed by atoms with van der Waals surface area (Å²) in [5.41, 5.74) is 9.45. The molecule has 0 aliphatic carbocycles. The van der Waals surface area contributed by atoms with Crippen LogP contribution in [0.1, 0.15) is 24.8 Å². The van der Waals surface area contributed by atoms with Crippen molar-refractivity contribution in [1.82, 2.24) is 4.90 Å². The van der Waals surface area contributed by atoms with Gasteiger partial charge in [-0.3, -0.25) is 4.90 Å². The van der Waals surface area contributed by atoms with Crippen LogP contribution >= 0.6 is 23.2 Å². The Bertz CT molecular complexity index is 902. The van der Waals surface area contributed by atoms with Crippen LogP contribution in [0, 0.1) is 0 Å².